The van der Waals surface area contributed by atoms with E-state index in [1.165, 1.54) is 12.1 Å². The smallest absolute Gasteiger partial charge is 0.335 e. The second kappa shape index (κ2) is 6.99. The largest absolute Gasteiger partial charge is 0.478 e. The minimum Gasteiger partial charge on any atom is -0.478 e. The highest BCUT2D eigenvalue weighted by molar-refractivity contribution is 6.33. The Kier molecular flexibility index (Phi) is 4.79. The predicted molar refractivity (Wildman–Crippen MR) is 94.9 cm³/mol. The molecule has 0 radical (unpaired) electrons. The number of rotatable bonds is 5. The number of hydrogen-bond donors (Lipinski definition) is 2. The lowest BCUT2D eigenvalue weighted by atomic mass is 10.2. The van der Waals surface area contributed by atoms with Gasteiger partial charge in [-0.25, -0.2) is 4.79 Å². The van der Waals surface area contributed by atoms with Gasteiger partial charge in [0.05, 0.1) is 27.8 Å². The Morgan fingerprint density at radius 2 is 1.83 bits per heavy atom. The summed E-state index contributed by atoms with van der Waals surface area (Å²) in [6, 6.07) is 15.6. The molecule has 2 N–H and O–H groups in total. The lowest BCUT2D eigenvalue weighted by Crippen LogP contribution is -2.02. The summed E-state index contributed by atoms with van der Waals surface area (Å²) < 4.78 is 5.78. The Hall–Kier alpha value is -2.43. The summed E-state index contributed by atoms with van der Waals surface area (Å²) in [7, 11) is 0. The molecule has 6 heteroatoms. The van der Waals surface area contributed by atoms with E-state index in [1.54, 1.807) is 12.1 Å². The predicted octanol–water partition coefficient (Wildman–Crippen LogP) is 5.56. The van der Waals surface area contributed by atoms with Crippen molar-refractivity contribution in [2.75, 3.05) is 5.32 Å². The molecule has 1 heterocycles. The third-order valence-electron chi connectivity index (χ3n) is 3.47. The lowest BCUT2D eigenvalue weighted by Gasteiger charge is -2.08. The molecule has 1 aromatic heterocycles. The number of carboxylic acid groups (broad SMARTS) is 1. The number of benzene rings is 2. The van der Waals surface area contributed by atoms with Crippen molar-refractivity contribution in [3.63, 3.8) is 0 Å². The molecule has 122 valence electrons. The van der Waals surface area contributed by atoms with Crippen molar-refractivity contribution in [3.05, 3.63) is 76.0 Å². The van der Waals surface area contributed by atoms with E-state index in [1.807, 2.05) is 30.3 Å². The summed E-state index contributed by atoms with van der Waals surface area (Å²) in [6.45, 7) is 0.368. The SMILES string of the molecule is O=C(O)c1ccc(Cl)c(NCc2ccc(-c3ccccc3Cl)o2)c1. The molecule has 0 bridgehead atoms. The molecule has 3 aromatic rings. The summed E-state index contributed by atoms with van der Waals surface area (Å²) in [5.41, 5.74) is 1.52. The number of carbonyl (C=O) groups is 1. The second-order valence-electron chi connectivity index (χ2n) is 5.10. The summed E-state index contributed by atoms with van der Waals surface area (Å²) in [5.74, 6) is 0.346. The molecule has 0 spiro atoms. The van der Waals surface area contributed by atoms with E-state index in [4.69, 9.17) is 32.7 Å². The molecule has 24 heavy (non-hydrogen) atoms. The highest BCUT2D eigenvalue weighted by atomic mass is 35.5. The topological polar surface area (TPSA) is 62.5 Å². The number of anilines is 1. The van der Waals surface area contributed by atoms with Crippen molar-refractivity contribution in [2.24, 2.45) is 0 Å². The van der Waals surface area contributed by atoms with Gasteiger partial charge in [0.25, 0.3) is 0 Å². The first-order valence-corrected chi connectivity index (χ1v) is 7.90. The van der Waals surface area contributed by atoms with E-state index in [-0.39, 0.29) is 5.56 Å². The highest BCUT2D eigenvalue weighted by Gasteiger charge is 2.10. The molecule has 0 fully saturated rings. The van der Waals surface area contributed by atoms with E-state index in [2.05, 4.69) is 5.32 Å². The zero-order chi connectivity index (χ0) is 17.1. The van der Waals surface area contributed by atoms with Crippen LogP contribution in [0.2, 0.25) is 10.0 Å². The van der Waals surface area contributed by atoms with Gasteiger partial charge >= 0.3 is 5.97 Å². The van der Waals surface area contributed by atoms with Crippen molar-refractivity contribution >= 4 is 34.9 Å². The Bertz CT molecular complexity index is 889. The Labute approximate surface area is 148 Å². The third kappa shape index (κ3) is 3.55. The van der Waals surface area contributed by atoms with Crippen molar-refractivity contribution in [1.29, 1.82) is 0 Å². The fourth-order valence-corrected chi connectivity index (χ4v) is 2.67. The maximum atomic E-state index is 11.0. The van der Waals surface area contributed by atoms with Crippen molar-refractivity contribution in [2.45, 2.75) is 6.54 Å². The van der Waals surface area contributed by atoms with Crippen LogP contribution in [-0.4, -0.2) is 11.1 Å². The van der Waals surface area contributed by atoms with Gasteiger partial charge < -0.3 is 14.8 Å². The second-order valence-corrected chi connectivity index (χ2v) is 5.91. The maximum absolute atomic E-state index is 11.0. The van der Waals surface area contributed by atoms with Crippen LogP contribution >= 0.6 is 23.2 Å². The fraction of sp³-hybridized carbons (Fsp3) is 0.0556. The van der Waals surface area contributed by atoms with E-state index in [0.29, 0.717) is 33.8 Å². The average Bonchev–Trinajstić information content (AvgIpc) is 3.03. The number of hydrogen-bond acceptors (Lipinski definition) is 3. The lowest BCUT2D eigenvalue weighted by molar-refractivity contribution is 0.0697. The van der Waals surface area contributed by atoms with Crippen LogP contribution in [0, 0.1) is 0 Å². The van der Waals surface area contributed by atoms with Gasteiger partial charge in [0.15, 0.2) is 0 Å². The maximum Gasteiger partial charge on any atom is 0.335 e. The first kappa shape index (κ1) is 16.4. The summed E-state index contributed by atoms with van der Waals surface area (Å²) in [6.07, 6.45) is 0. The van der Waals surface area contributed by atoms with Crippen LogP contribution in [0.3, 0.4) is 0 Å². The van der Waals surface area contributed by atoms with E-state index in [0.717, 1.165) is 5.56 Å². The van der Waals surface area contributed by atoms with Crippen LogP contribution in [0.25, 0.3) is 11.3 Å². The molecule has 0 aliphatic carbocycles. The van der Waals surface area contributed by atoms with Gasteiger partial charge in [-0.05, 0) is 42.5 Å². The minimum absolute atomic E-state index is 0.165. The molecule has 0 atom stereocenters. The van der Waals surface area contributed by atoms with E-state index >= 15 is 0 Å². The molecule has 0 aliphatic rings. The minimum atomic E-state index is -1.01. The highest BCUT2D eigenvalue weighted by Crippen LogP contribution is 2.30. The number of aromatic carboxylic acids is 1. The van der Waals surface area contributed by atoms with E-state index < -0.39 is 5.97 Å². The summed E-state index contributed by atoms with van der Waals surface area (Å²) in [5, 5.41) is 13.2. The van der Waals surface area contributed by atoms with Gasteiger partial charge in [0.2, 0.25) is 0 Å². The number of nitrogens with one attached hydrogen (secondary N) is 1. The Morgan fingerprint density at radius 3 is 2.58 bits per heavy atom. The van der Waals surface area contributed by atoms with Gasteiger partial charge in [-0.3, -0.25) is 0 Å². The van der Waals surface area contributed by atoms with Crippen LogP contribution in [0.1, 0.15) is 16.1 Å². The van der Waals surface area contributed by atoms with Gasteiger partial charge in [-0.1, -0.05) is 35.3 Å². The summed E-state index contributed by atoms with van der Waals surface area (Å²) in [4.78, 5) is 11.0. The van der Waals surface area contributed by atoms with Crippen molar-refractivity contribution < 1.29 is 14.3 Å². The van der Waals surface area contributed by atoms with Crippen LogP contribution in [0.5, 0.6) is 0 Å². The molecular formula is C18H13Cl2NO3. The first-order valence-electron chi connectivity index (χ1n) is 7.15. The zero-order valence-corrected chi connectivity index (χ0v) is 13.9. The van der Waals surface area contributed by atoms with Gasteiger partial charge in [0, 0.05) is 5.56 Å². The summed E-state index contributed by atoms with van der Waals surface area (Å²) >= 11 is 12.2. The normalized spacial score (nSPS) is 10.6. The van der Waals surface area contributed by atoms with Crippen molar-refractivity contribution in [3.8, 4) is 11.3 Å². The molecule has 0 unspecified atom stereocenters. The fourth-order valence-electron chi connectivity index (χ4n) is 2.25. The molecule has 0 amide bonds. The van der Waals surface area contributed by atoms with Crippen LogP contribution in [-0.2, 0) is 6.54 Å². The first-order chi connectivity index (χ1) is 11.5. The molecular weight excluding hydrogens is 349 g/mol. The number of halogens is 2. The van der Waals surface area contributed by atoms with Gasteiger partial charge in [-0.2, -0.15) is 0 Å². The van der Waals surface area contributed by atoms with Crippen molar-refractivity contribution in [1.82, 2.24) is 0 Å². The molecule has 0 aliphatic heterocycles. The molecule has 4 nitrogen and oxygen atoms in total. The van der Waals surface area contributed by atoms with Gasteiger partial charge in [0.1, 0.15) is 11.5 Å². The number of furan rings is 1. The van der Waals surface area contributed by atoms with Crippen LogP contribution in [0.4, 0.5) is 5.69 Å². The van der Waals surface area contributed by atoms with Crippen LogP contribution in [0.15, 0.2) is 59.0 Å². The monoisotopic (exact) mass is 361 g/mol. The molecule has 3 rings (SSSR count). The van der Waals surface area contributed by atoms with Crippen LogP contribution < -0.4 is 5.32 Å². The molecule has 2 aromatic carbocycles. The van der Waals surface area contributed by atoms with Gasteiger partial charge in [-0.15, -0.1) is 0 Å². The quantitative estimate of drug-likeness (QED) is 0.623. The third-order valence-corrected chi connectivity index (χ3v) is 4.13. The molecule has 0 saturated heterocycles. The Morgan fingerprint density at radius 1 is 1.04 bits per heavy atom. The van der Waals surface area contributed by atoms with E-state index in [9.17, 15) is 4.79 Å². The molecule has 0 saturated carbocycles. The average molecular weight is 362 g/mol. The zero-order valence-electron chi connectivity index (χ0n) is 12.4. The number of carboxylic acids is 1. The standard InChI is InChI=1S/C18H13Cl2NO3/c19-14-4-2-1-3-13(14)17-8-6-12(24-17)10-21-16-9-11(18(22)23)5-7-15(16)20/h1-9,21H,10H2,(H,22,23). The Balaban J connectivity index is 1.76.